The van der Waals surface area contributed by atoms with E-state index in [0.717, 1.165) is 21.0 Å². The molecule has 0 aliphatic rings. The number of aryl methyl sites for hydroxylation is 1. The van der Waals surface area contributed by atoms with Gasteiger partial charge in [0.25, 0.3) is 5.91 Å². The van der Waals surface area contributed by atoms with Crippen molar-refractivity contribution in [2.24, 2.45) is 5.10 Å². The molecule has 2 aromatic carbocycles. The van der Waals surface area contributed by atoms with Crippen molar-refractivity contribution in [1.82, 2.24) is 10.4 Å². The first-order valence-corrected chi connectivity index (χ1v) is 10.2. The molecule has 0 radical (unpaired) electrons. The Hall–Kier alpha value is -3.19. The number of thiazole rings is 1. The Bertz CT molecular complexity index is 1000. The molecule has 1 heterocycles. The highest BCUT2D eigenvalue weighted by Gasteiger charge is 2.15. The van der Waals surface area contributed by atoms with Crippen LogP contribution in [0.25, 0.3) is 10.6 Å². The second-order valence-electron chi connectivity index (χ2n) is 6.06. The third-order valence-corrected chi connectivity index (χ3v) is 5.00. The molecule has 3 aromatic rings. The monoisotopic (exact) mass is 409 g/mol. The average molecular weight is 410 g/mol. The van der Waals surface area contributed by atoms with Gasteiger partial charge in [-0.2, -0.15) is 5.10 Å². The topological polar surface area (TPSA) is 72.8 Å². The average Bonchev–Trinajstić information content (AvgIpc) is 3.12. The predicted molar refractivity (Wildman–Crippen MR) is 116 cm³/mol. The lowest BCUT2D eigenvalue weighted by molar-refractivity contribution is 0.0950. The molecule has 0 bridgehead atoms. The van der Waals surface area contributed by atoms with Gasteiger partial charge in [0.1, 0.15) is 10.7 Å². The zero-order valence-electron chi connectivity index (χ0n) is 16.6. The molecule has 0 saturated carbocycles. The lowest BCUT2D eigenvalue weighted by atomic mass is 10.2. The molecule has 0 aliphatic heterocycles. The van der Waals surface area contributed by atoms with Gasteiger partial charge in [-0.3, -0.25) is 4.79 Å². The highest BCUT2D eigenvalue weighted by molar-refractivity contribution is 7.15. The Morgan fingerprint density at radius 2 is 1.83 bits per heavy atom. The number of hydrogen-bond acceptors (Lipinski definition) is 6. The van der Waals surface area contributed by atoms with Gasteiger partial charge in [-0.05, 0) is 44.5 Å². The van der Waals surface area contributed by atoms with Crippen molar-refractivity contribution < 1.29 is 14.3 Å². The Labute approximate surface area is 174 Å². The van der Waals surface area contributed by atoms with Crippen LogP contribution in [0.1, 0.15) is 34.8 Å². The van der Waals surface area contributed by atoms with Gasteiger partial charge in [0.15, 0.2) is 11.5 Å². The van der Waals surface area contributed by atoms with Crippen molar-refractivity contribution in [3.8, 4) is 22.1 Å². The van der Waals surface area contributed by atoms with Crippen LogP contribution in [0.5, 0.6) is 11.5 Å². The number of amides is 1. The second kappa shape index (κ2) is 9.84. The number of rotatable bonds is 8. The van der Waals surface area contributed by atoms with Crippen LogP contribution >= 0.6 is 11.3 Å². The van der Waals surface area contributed by atoms with Crippen LogP contribution in [-0.2, 0) is 0 Å². The zero-order valence-corrected chi connectivity index (χ0v) is 17.5. The number of aromatic nitrogens is 1. The SMILES string of the molecule is CCOc1ccc(/C=N\NC(=O)c2nc(-c3ccccc3)sc2C)cc1OCC. The fourth-order valence-electron chi connectivity index (χ4n) is 2.68. The Morgan fingerprint density at radius 3 is 2.55 bits per heavy atom. The number of nitrogens with zero attached hydrogens (tertiary/aromatic N) is 2. The molecular formula is C22H23N3O3S. The molecule has 0 spiro atoms. The van der Waals surface area contributed by atoms with Crippen molar-refractivity contribution in [1.29, 1.82) is 0 Å². The second-order valence-corrected chi connectivity index (χ2v) is 7.26. The molecule has 6 nitrogen and oxygen atoms in total. The quantitative estimate of drug-likeness (QED) is 0.433. The fraction of sp³-hybridized carbons (Fsp3) is 0.227. The summed E-state index contributed by atoms with van der Waals surface area (Å²) in [5.41, 5.74) is 4.71. The molecule has 150 valence electrons. The number of nitrogens with one attached hydrogen (secondary N) is 1. The zero-order chi connectivity index (χ0) is 20.6. The number of ether oxygens (including phenoxy) is 2. The van der Waals surface area contributed by atoms with E-state index in [0.29, 0.717) is 30.4 Å². The molecule has 0 atom stereocenters. The van der Waals surface area contributed by atoms with Crippen molar-refractivity contribution >= 4 is 23.5 Å². The van der Waals surface area contributed by atoms with Gasteiger partial charge in [-0.1, -0.05) is 30.3 Å². The van der Waals surface area contributed by atoms with E-state index in [4.69, 9.17) is 9.47 Å². The van der Waals surface area contributed by atoms with Crippen LogP contribution in [0, 0.1) is 6.92 Å². The first-order valence-electron chi connectivity index (χ1n) is 9.38. The third kappa shape index (κ3) is 5.20. The minimum Gasteiger partial charge on any atom is -0.490 e. The van der Waals surface area contributed by atoms with Crippen molar-refractivity contribution in [2.45, 2.75) is 20.8 Å². The summed E-state index contributed by atoms with van der Waals surface area (Å²) in [6, 6.07) is 15.3. The molecule has 1 amide bonds. The number of hydrazone groups is 1. The van der Waals surface area contributed by atoms with E-state index >= 15 is 0 Å². The smallest absolute Gasteiger partial charge is 0.291 e. The molecular weight excluding hydrogens is 386 g/mol. The van der Waals surface area contributed by atoms with E-state index in [1.54, 1.807) is 6.21 Å². The van der Waals surface area contributed by atoms with Crippen molar-refractivity contribution in [3.63, 3.8) is 0 Å². The standard InChI is InChI=1S/C22H23N3O3S/c1-4-27-18-12-11-16(13-19(18)28-5-2)14-23-25-21(26)20-15(3)29-22(24-20)17-9-7-6-8-10-17/h6-14H,4-5H2,1-3H3,(H,25,26)/b23-14-. The fourth-order valence-corrected chi connectivity index (χ4v) is 3.59. The Balaban J connectivity index is 1.70. The predicted octanol–water partition coefficient (Wildman–Crippen LogP) is 4.68. The Kier molecular flexibility index (Phi) is 6.97. The maximum absolute atomic E-state index is 12.5. The van der Waals surface area contributed by atoms with E-state index in [2.05, 4.69) is 15.5 Å². The van der Waals surface area contributed by atoms with Crippen LogP contribution < -0.4 is 14.9 Å². The van der Waals surface area contributed by atoms with E-state index in [1.165, 1.54) is 11.3 Å². The van der Waals surface area contributed by atoms with Crippen LogP contribution in [0.2, 0.25) is 0 Å². The van der Waals surface area contributed by atoms with Gasteiger partial charge in [0.2, 0.25) is 0 Å². The van der Waals surface area contributed by atoms with Crippen LogP contribution in [-0.4, -0.2) is 30.3 Å². The molecule has 7 heteroatoms. The first-order chi connectivity index (χ1) is 14.1. The summed E-state index contributed by atoms with van der Waals surface area (Å²) in [6.45, 7) is 6.80. The molecule has 3 rings (SSSR count). The molecule has 1 aromatic heterocycles. The van der Waals surface area contributed by atoms with Gasteiger partial charge in [-0.25, -0.2) is 10.4 Å². The third-order valence-electron chi connectivity index (χ3n) is 3.98. The van der Waals surface area contributed by atoms with Crippen molar-refractivity contribution in [3.05, 3.63) is 64.7 Å². The summed E-state index contributed by atoms with van der Waals surface area (Å²) in [6.07, 6.45) is 1.57. The van der Waals surface area contributed by atoms with Gasteiger partial charge in [0, 0.05) is 10.4 Å². The largest absolute Gasteiger partial charge is 0.490 e. The van der Waals surface area contributed by atoms with Gasteiger partial charge >= 0.3 is 0 Å². The number of carbonyl (C=O) groups is 1. The van der Waals surface area contributed by atoms with Gasteiger partial charge in [-0.15, -0.1) is 11.3 Å². The molecule has 29 heavy (non-hydrogen) atoms. The number of benzene rings is 2. The Morgan fingerprint density at radius 1 is 1.10 bits per heavy atom. The minimum absolute atomic E-state index is 0.340. The summed E-state index contributed by atoms with van der Waals surface area (Å²) in [7, 11) is 0. The summed E-state index contributed by atoms with van der Waals surface area (Å²) in [4.78, 5) is 17.8. The van der Waals surface area contributed by atoms with Crippen LogP contribution in [0.15, 0.2) is 53.6 Å². The number of carbonyl (C=O) groups excluding carboxylic acids is 1. The maximum Gasteiger partial charge on any atom is 0.291 e. The van der Waals surface area contributed by atoms with Crippen LogP contribution in [0.4, 0.5) is 0 Å². The van der Waals surface area contributed by atoms with E-state index in [-0.39, 0.29) is 5.91 Å². The van der Waals surface area contributed by atoms with Gasteiger partial charge in [0.05, 0.1) is 19.4 Å². The van der Waals surface area contributed by atoms with Crippen molar-refractivity contribution in [2.75, 3.05) is 13.2 Å². The normalized spacial score (nSPS) is 10.9. The van der Waals surface area contributed by atoms with Gasteiger partial charge < -0.3 is 9.47 Å². The van der Waals surface area contributed by atoms with E-state index in [1.807, 2.05) is 69.3 Å². The lowest BCUT2D eigenvalue weighted by Crippen LogP contribution is -2.19. The molecule has 0 saturated heterocycles. The summed E-state index contributed by atoms with van der Waals surface area (Å²) >= 11 is 1.49. The first kappa shape index (κ1) is 20.5. The number of hydrogen-bond donors (Lipinski definition) is 1. The maximum atomic E-state index is 12.5. The molecule has 1 N–H and O–H groups in total. The minimum atomic E-state index is -0.340. The summed E-state index contributed by atoms with van der Waals surface area (Å²) < 4.78 is 11.2. The van der Waals surface area contributed by atoms with E-state index in [9.17, 15) is 4.79 Å². The molecule has 0 unspecified atom stereocenters. The van der Waals surface area contributed by atoms with Crippen LogP contribution in [0.3, 0.4) is 0 Å². The molecule has 0 fully saturated rings. The highest BCUT2D eigenvalue weighted by atomic mass is 32.1. The highest BCUT2D eigenvalue weighted by Crippen LogP contribution is 2.28. The summed E-state index contributed by atoms with van der Waals surface area (Å²) in [5, 5.41) is 4.87. The summed E-state index contributed by atoms with van der Waals surface area (Å²) in [5.74, 6) is 0.989. The lowest BCUT2D eigenvalue weighted by Gasteiger charge is -2.11. The molecule has 0 aliphatic carbocycles. The van der Waals surface area contributed by atoms with E-state index < -0.39 is 0 Å².